The molecule has 0 aromatic carbocycles. The Balaban J connectivity index is 2.46. The normalized spacial score (nSPS) is 25.5. The lowest BCUT2D eigenvalue weighted by Crippen LogP contribution is -2.54. The van der Waals surface area contributed by atoms with E-state index >= 15 is 0 Å². The first-order valence-electron chi connectivity index (χ1n) is 5.45. The lowest BCUT2D eigenvalue weighted by Gasteiger charge is -2.34. The first-order valence-corrected chi connectivity index (χ1v) is 5.45. The fraction of sp³-hybridized carbons (Fsp3) is 1.00. The number of hydrogen-bond donors (Lipinski definition) is 2. The van der Waals surface area contributed by atoms with Crippen LogP contribution in [0.25, 0.3) is 0 Å². The molecule has 1 rings (SSSR count). The van der Waals surface area contributed by atoms with Crippen LogP contribution in [0.3, 0.4) is 0 Å². The second-order valence-corrected chi connectivity index (χ2v) is 4.72. The molecule has 3 heteroatoms. The molecular formula is C11H23NO2. The molecular weight excluding hydrogens is 178 g/mol. The van der Waals surface area contributed by atoms with Gasteiger partial charge in [0.05, 0.1) is 12.7 Å². The molecule has 0 aliphatic heterocycles. The van der Waals surface area contributed by atoms with E-state index in [0.717, 1.165) is 0 Å². The molecule has 14 heavy (non-hydrogen) atoms. The standard InChI is InChI=1S/C11H23NO2/c1-8(9(2)14-4)12-11(3,7-13)10-5-6-10/h8-10,12-13H,5-7H2,1-4H3. The Morgan fingerprint density at radius 3 is 2.43 bits per heavy atom. The Kier molecular flexibility index (Phi) is 3.93. The zero-order valence-corrected chi connectivity index (χ0v) is 9.71. The van der Waals surface area contributed by atoms with E-state index in [0.29, 0.717) is 5.92 Å². The van der Waals surface area contributed by atoms with Crippen molar-refractivity contribution in [3.05, 3.63) is 0 Å². The highest BCUT2D eigenvalue weighted by Gasteiger charge is 2.42. The van der Waals surface area contributed by atoms with E-state index in [4.69, 9.17) is 4.74 Å². The van der Waals surface area contributed by atoms with E-state index in [2.05, 4.69) is 19.2 Å². The molecule has 0 aromatic heterocycles. The van der Waals surface area contributed by atoms with E-state index in [9.17, 15) is 5.11 Å². The molecule has 0 aromatic rings. The first-order chi connectivity index (χ1) is 6.53. The van der Waals surface area contributed by atoms with Gasteiger partial charge in [-0.2, -0.15) is 0 Å². The van der Waals surface area contributed by atoms with Gasteiger partial charge < -0.3 is 15.2 Å². The molecule has 0 heterocycles. The van der Waals surface area contributed by atoms with Crippen molar-refractivity contribution in [3.8, 4) is 0 Å². The molecule has 0 radical (unpaired) electrons. The smallest absolute Gasteiger partial charge is 0.0693 e. The largest absolute Gasteiger partial charge is 0.394 e. The molecule has 3 unspecified atom stereocenters. The molecule has 0 spiro atoms. The van der Waals surface area contributed by atoms with Crippen molar-refractivity contribution < 1.29 is 9.84 Å². The number of hydrogen-bond acceptors (Lipinski definition) is 3. The Hall–Kier alpha value is -0.120. The Labute approximate surface area is 86.8 Å². The van der Waals surface area contributed by atoms with E-state index in [1.807, 2.05) is 6.92 Å². The lowest BCUT2D eigenvalue weighted by atomic mass is 9.95. The van der Waals surface area contributed by atoms with Crippen LogP contribution in [0.5, 0.6) is 0 Å². The molecule has 84 valence electrons. The SMILES string of the molecule is COC(C)C(C)NC(C)(CO)C1CC1. The van der Waals surface area contributed by atoms with Gasteiger partial charge in [-0.05, 0) is 39.5 Å². The molecule has 0 amide bonds. The zero-order valence-electron chi connectivity index (χ0n) is 9.71. The Morgan fingerprint density at radius 2 is 2.07 bits per heavy atom. The molecule has 3 nitrogen and oxygen atoms in total. The summed E-state index contributed by atoms with van der Waals surface area (Å²) in [5.41, 5.74) is -0.119. The predicted molar refractivity (Wildman–Crippen MR) is 57.3 cm³/mol. The number of ether oxygens (including phenoxy) is 1. The van der Waals surface area contributed by atoms with Crippen LogP contribution in [0.15, 0.2) is 0 Å². The molecule has 1 saturated carbocycles. The number of aliphatic hydroxyl groups excluding tert-OH is 1. The number of aliphatic hydroxyl groups is 1. The maximum Gasteiger partial charge on any atom is 0.0693 e. The van der Waals surface area contributed by atoms with Gasteiger partial charge in [-0.15, -0.1) is 0 Å². The second-order valence-electron chi connectivity index (χ2n) is 4.72. The van der Waals surface area contributed by atoms with Gasteiger partial charge >= 0.3 is 0 Å². The van der Waals surface area contributed by atoms with Crippen LogP contribution < -0.4 is 5.32 Å². The maximum absolute atomic E-state index is 9.40. The highest BCUT2D eigenvalue weighted by atomic mass is 16.5. The summed E-state index contributed by atoms with van der Waals surface area (Å²) in [6.07, 6.45) is 2.65. The van der Waals surface area contributed by atoms with Crippen molar-refractivity contribution in [2.75, 3.05) is 13.7 Å². The fourth-order valence-corrected chi connectivity index (χ4v) is 1.85. The van der Waals surface area contributed by atoms with Crippen LogP contribution in [0.4, 0.5) is 0 Å². The zero-order chi connectivity index (χ0) is 10.8. The van der Waals surface area contributed by atoms with Gasteiger partial charge in [-0.1, -0.05) is 0 Å². The van der Waals surface area contributed by atoms with Crippen molar-refractivity contribution in [2.45, 2.75) is 51.3 Å². The van der Waals surface area contributed by atoms with E-state index in [1.165, 1.54) is 12.8 Å². The predicted octanol–water partition coefficient (Wildman–Crippen LogP) is 1.16. The number of rotatable bonds is 6. The molecule has 2 N–H and O–H groups in total. The average molecular weight is 201 g/mol. The van der Waals surface area contributed by atoms with Gasteiger partial charge in [-0.25, -0.2) is 0 Å². The van der Waals surface area contributed by atoms with Crippen LogP contribution in [0.1, 0.15) is 33.6 Å². The molecule has 0 saturated heterocycles. The van der Waals surface area contributed by atoms with E-state index in [1.54, 1.807) is 7.11 Å². The fourth-order valence-electron chi connectivity index (χ4n) is 1.85. The Bertz CT molecular complexity index is 182. The third-order valence-electron chi connectivity index (χ3n) is 3.44. The third kappa shape index (κ3) is 2.69. The highest BCUT2D eigenvalue weighted by molar-refractivity contribution is 4.99. The number of nitrogens with one attached hydrogen (secondary N) is 1. The molecule has 1 aliphatic carbocycles. The summed E-state index contributed by atoms with van der Waals surface area (Å²) in [4.78, 5) is 0. The first kappa shape index (κ1) is 12.0. The number of methoxy groups -OCH3 is 1. The molecule has 0 bridgehead atoms. The minimum absolute atomic E-state index is 0.119. The molecule has 3 atom stereocenters. The van der Waals surface area contributed by atoms with Gasteiger partial charge in [0, 0.05) is 18.7 Å². The summed E-state index contributed by atoms with van der Waals surface area (Å²) in [5.74, 6) is 0.638. The van der Waals surface area contributed by atoms with Crippen molar-refractivity contribution in [3.63, 3.8) is 0 Å². The van der Waals surface area contributed by atoms with E-state index in [-0.39, 0.29) is 24.3 Å². The Morgan fingerprint density at radius 1 is 1.50 bits per heavy atom. The summed E-state index contributed by atoms with van der Waals surface area (Å²) in [6, 6.07) is 0.276. The topological polar surface area (TPSA) is 41.5 Å². The van der Waals surface area contributed by atoms with Crippen LogP contribution in [-0.2, 0) is 4.74 Å². The van der Waals surface area contributed by atoms with Gasteiger partial charge in [0.25, 0.3) is 0 Å². The maximum atomic E-state index is 9.40. The van der Waals surface area contributed by atoms with Crippen LogP contribution in [0, 0.1) is 5.92 Å². The van der Waals surface area contributed by atoms with Crippen molar-refractivity contribution in [1.29, 1.82) is 0 Å². The summed E-state index contributed by atoms with van der Waals surface area (Å²) in [7, 11) is 1.72. The average Bonchev–Trinajstić information content (AvgIpc) is 2.99. The van der Waals surface area contributed by atoms with Crippen molar-refractivity contribution in [2.24, 2.45) is 5.92 Å². The second kappa shape index (κ2) is 4.60. The van der Waals surface area contributed by atoms with Crippen LogP contribution in [-0.4, -0.2) is 36.5 Å². The monoisotopic (exact) mass is 201 g/mol. The molecule has 1 fully saturated rings. The minimum Gasteiger partial charge on any atom is -0.394 e. The summed E-state index contributed by atoms with van der Waals surface area (Å²) >= 11 is 0. The molecule has 1 aliphatic rings. The van der Waals surface area contributed by atoms with Crippen molar-refractivity contribution >= 4 is 0 Å². The van der Waals surface area contributed by atoms with Crippen LogP contribution in [0.2, 0.25) is 0 Å². The van der Waals surface area contributed by atoms with Gasteiger partial charge in [0.2, 0.25) is 0 Å². The summed E-state index contributed by atoms with van der Waals surface area (Å²) in [5, 5.41) is 12.9. The van der Waals surface area contributed by atoms with Gasteiger partial charge in [0.1, 0.15) is 0 Å². The van der Waals surface area contributed by atoms with Gasteiger partial charge in [0.15, 0.2) is 0 Å². The third-order valence-corrected chi connectivity index (χ3v) is 3.44. The minimum atomic E-state index is -0.119. The highest BCUT2D eigenvalue weighted by Crippen LogP contribution is 2.39. The van der Waals surface area contributed by atoms with Gasteiger partial charge in [-0.3, -0.25) is 0 Å². The van der Waals surface area contributed by atoms with E-state index < -0.39 is 0 Å². The lowest BCUT2D eigenvalue weighted by molar-refractivity contribution is 0.0593. The quantitative estimate of drug-likeness (QED) is 0.677. The van der Waals surface area contributed by atoms with Crippen molar-refractivity contribution in [1.82, 2.24) is 5.32 Å². The summed E-state index contributed by atoms with van der Waals surface area (Å²) in [6.45, 7) is 6.45. The summed E-state index contributed by atoms with van der Waals surface area (Å²) < 4.78 is 5.26. The van der Waals surface area contributed by atoms with Crippen LogP contribution >= 0.6 is 0 Å².